The molecule has 12 heteroatoms. The molecule has 7 atom stereocenters. The Labute approximate surface area is 147 Å². The van der Waals surface area contributed by atoms with E-state index in [1.807, 2.05) is 0 Å². The number of carbonyl (C=O) groups is 3. The number of alkyl halides is 2. The van der Waals surface area contributed by atoms with Gasteiger partial charge in [0.2, 0.25) is 0 Å². The molecule has 4 N–H and O–H groups in total. The summed E-state index contributed by atoms with van der Waals surface area (Å²) in [5.41, 5.74) is 5.63. The molecule has 1 heterocycles. The first-order valence-corrected chi connectivity index (χ1v) is 7.47. The molecule has 0 aromatic rings. The number of halogens is 2. The fraction of sp³-hybridized carbons (Fsp3) is 0.786. The maximum atomic E-state index is 14.8. The summed E-state index contributed by atoms with van der Waals surface area (Å²) < 4.78 is 47.4. The Morgan fingerprint density at radius 3 is 2.23 bits per heavy atom. The topological polar surface area (TPSA) is 155 Å². The van der Waals surface area contributed by atoms with Crippen LogP contribution in [0.3, 0.4) is 0 Å². The number of hydrogen-bond acceptors (Lipinski definition) is 10. The third-order valence-corrected chi connectivity index (χ3v) is 3.69. The molecule has 26 heavy (non-hydrogen) atoms. The van der Waals surface area contributed by atoms with Gasteiger partial charge in [0, 0.05) is 13.8 Å². The Bertz CT molecular complexity index is 549. The number of aliphatic hydroxyl groups is 2. The van der Waals surface area contributed by atoms with Crippen LogP contribution in [-0.4, -0.2) is 84.3 Å². The van der Waals surface area contributed by atoms with Crippen molar-refractivity contribution in [2.75, 3.05) is 13.7 Å². The molecule has 0 radical (unpaired) electrons. The van der Waals surface area contributed by atoms with Crippen LogP contribution < -0.4 is 5.73 Å². The van der Waals surface area contributed by atoms with E-state index < -0.39 is 67.0 Å². The van der Waals surface area contributed by atoms with Crippen molar-refractivity contribution in [3.8, 4) is 0 Å². The van der Waals surface area contributed by atoms with Crippen LogP contribution in [0.1, 0.15) is 13.8 Å². The van der Waals surface area contributed by atoms with E-state index in [0.717, 1.165) is 21.0 Å². The fourth-order valence-electron chi connectivity index (χ4n) is 2.50. The van der Waals surface area contributed by atoms with E-state index in [0.29, 0.717) is 0 Å². The molecule has 5 unspecified atom stereocenters. The van der Waals surface area contributed by atoms with Gasteiger partial charge < -0.3 is 34.9 Å². The van der Waals surface area contributed by atoms with E-state index in [1.165, 1.54) is 0 Å². The zero-order valence-electron chi connectivity index (χ0n) is 14.3. The molecular weight excluding hydrogens is 364 g/mol. The monoisotopic (exact) mass is 385 g/mol. The van der Waals surface area contributed by atoms with E-state index in [4.69, 9.17) is 19.9 Å². The molecule has 0 aromatic carbocycles. The summed E-state index contributed by atoms with van der Waals surface area (Å²) in [6.45, 7) is 1.02. The van der Waals surface area contributed by atoms with Crippen molar-refractivity contribution in [1.82, 2.24) is 0 Å². The first-order chi connectivity index (χ1) is 12.0. The van der Waals surface area contributed by atoms with Crippen molar-refractivity contribution in [1.29, 1.82) is 0 Å². The minimum atomic E-state index is -3.76. The zero-order chi connectivity index (χ0) is 20.2. The summed E-state index contributed by atoms with van der Waals surface area (Å²) in [5.74, 6) is -7.41. The van der Waals surface area contributed by atoms with Gasteiger partial charge in [0.1, 0.15) is 12.2 Å². The number of esters is 3. The summed E-state index contributed by atoms with van der Waals surface area (Å²) in [4.78, 5) is 34.1. The predicted octanol–water partition coefficient (Wildman–Crippen LogP) is -1.89. The number of hydrogen-bond donors (Lipinski definition) is 3. The average Bonchev–Trinajstić information content (AvgIpc) is 2.58. The second kappa shape index (κ2) is 8.66. The Kier molecular flexibility index (Phi) is 7.38. The second-order valence-corrected chi connectivity index (χ2v) is 5.59. The molecule has 1 fully saturated rings. The van der Waals surface area contributed by atoms with Crippen LogP contribution in [0.2, 0.25) is 0 Å². The second-order valence-electron chi connectivity index (χ2n) is 5.59. The highest BCUT2D eigenvalue weighted by molar-refractivity contribution is 5.79. The van der Waals surface area contributed by atoms with Crippen LogP contribution in [0.25, 0.3) is 0 Å². The van der Waals surface area contributed by atoms with Crippen molar-refractivity contribution < 1.29 is 52.3 Å². The van der Waals surface area contributed by atoms with E-state index in [9.17, 15) is 33.4 Å². The van der Waals surface area contributed by atoms with Crippen molar-refractivity contribution in [2.24, 2.45) is 5.73 Å². The predicted molar refractivity (Wildman–Crippen MR) is 77.8 cm³/mol. The van der Waals surface area contributed by atoms with Gasteiger partial charge in [-0.15, -0.1) is 0 Å². The van der Waals surface area contributed by atoms with Gasteiger partial charge in [-0.1, -0.05) is 0 Å². The van der Waals surface area contributed by atoms with E-state index in [1.54, 1.807) is 0 Å². The molecule has 0 saturated carbocycles. The van der Waals surface area contributed by atoms with Crippen LogP contribution in [0, 0.1) is 0 Å². The Balaban J connectivity index is 3.30. The molecule has 0 amide bonds. The lowest BCUT2D eigenvalue weighted by atomic mass is 9.88. The van der Waals surface area contributed by atoms with Crippen molar-refractivity contribution in [3.05, 3.63) is 0 Å². The van der Waals surface area contributed by atoms with Crippen molar-refractivity contribution >= 4 is 17.9 Å². The first-order valence-electron chi connectivity index (χ1n) is 7.47. The summed E-state index contributed by atoms with van der Waals surface area (Å²) in [7, 11) is 0.759. The maximum absolute atomic E-state index is 14.8. The van der Waals surface area contributed by atoms with Crippen molar-refractivity contribution in [2.45, 2.75) is 56.3 Å². The van der Waals surface area contributed by atoms with Crippen molar-refractivity contribution in [3.63, 3.8) is 0 Å². The molecule has 1 aliphatic rings. The largest absolute Gasteiger partial charge is 0.465 e. The minimum Gasteiger partial charge on any atom is -0.465 e. The Morgan fingerprint density at radius 1 is 1.27 bits per heavy atom. The smallest absolute Gasteiger partial charge is 0.375 e. The van der Waals surface area contributed by atoms with Gasteiger partial charge in [0.25, 0.3) is 0 Å². The number of carbonyl (C=O) groups excluding carboxylic acids is 3. The fourth-order valence-corrected chi connectivity index (χ4v) is 2.50. The molecule has 150 valence electrons. The van der Waals surface area contributed by atoms with Gasteiger partial charge in [0.15, 0.2) is 18.4 Å². The Morgan fingerprint density at radius 2 is 1.81 bits per heavy atom. The third kappa shape index (κ3) is 4.44. The number of nitrogens with two attached hydrogens (primary N) is 1. The number of aliphatic hydroxyl groups excluding tert-OH is 2. The molecule has 1 saturated heterocycles. The van der Waals surface area contributed by atoms with Crippen LogP contribution in [0.4, 0.5) is 8.78 Å². The molecule has 10 nitrogen and oxygen atoms in total. The van der Waals surface area contributed by atoms with Gasteiger partial charge in [0.05, 0.1) is 19.8 Å². The molecule has 1 rings (SSSR count). The van der Waals surface area contributed by atoms with Gasteiger partial charge in [-0.25, -0.2) is 9.18 Å². The maximum Gasteiger partial charge on any atom is 0.375 e. The molecule has 0 aromatic heterocycles. The summed E-state index contributed by atoms with van der Waals surface area (Å²) in [6.07, 6.45) is -10.4. The molecule has 0 aliphatic carbocycles. The number of methoxy groups -OCH3 is 1. The van der Waals surface area contributed by atoms with Crippen LogP contribution in [0.5, 0.6) is 0 Å². The van der Waals surface area contributed by atoms with E-state index in [-0.39, 0.29) is 0 Å². The molecule has 1 aliphatic heterocycles. The summed E-state index contributed by atoms with van der Waals surface area (Å²) >= 11 is 0. The lowest BCUT2D eigenvalue weighted by Gasteiger charge is -2.45. The number of rotatable bonds is 6. The SMILES string of the molecule is COC(=O)C1(F)OC([C@H](OC(C)=O)[C@@H](CO)OC(C)=O)C(N)C(O)C1F. The lowest BCUT2D eigenvalue weighted by molar-refractivity contribution is -0.293. The highest BCUT2D eigenvalue weighted by atomic mass is 19.2. The van der Waals surface area contributed by atoms with Gasteiger partial charge in [-0.05, 0) is 0 Å². The lowest BCUT2D eigenvalue weighted by Crippen LogP contribution is -2.70. The summed E-state index contributed by atoms with van der Waals surface area (Å²) in [5, 5.41) is 19.3. The summed E-state index contributed by atoms with van der Waals surface area (Å²) in [6, 6.07) is -1.70. The normalized spacial score (nSPS) is 33.7. The average molecular weight is 385 g/mol. The van der Waals surface area contributed by atoms with Gasteiger partial charge in [-0.2, -0.15) is 4.39 Å². The molecular formula is C14H21F2NO9. The number of ether oxygens (including phenoxy) is 4. The van der Waals surface area contributed by atoms with Gasteiger partial charge >= 0.3 is 23.8 Å². The zero-order valence-corrected chi connectivity index (χ0v) is 14.3. The van der Waals surface area contributed by atoms with E-state index >= 15 is 0 Å². The Hall–Kier alpha value is -1.89. The van der Waals surface area contributed by atoms with Gasteiger partial charge in [-0.3, -0.25) is 9.59 Å². The van der Waals surface area contributed by atoms with E-state index in [2.05, 4.69) is 4.74 Å². The standard InChI is InChI=1S/C14H21F2NO9/c1-5(19)24-7(4-18)10(25-6(2)20)11-8(17)9(21)12(15)14(16,26-11)13(22)23-3/h7-12,18,21H,4,17H2,1-3H3/t7-,8?,9?,10-,11?,12?,14?/m1/s1. The molecule has 0 bridgehead atoms. The van der Waals surface area contributed by atoms with Crippen LogP contribution >= 0.6 is 0 Å². The minimum absolute atomic E-state index is 0.759. The molecule has 0 spiro atoms. The van der Waals surface area contributed by atoms with Crippen LogP contribution in [0.15, 0.2) is 0 Å². The highest BCUT2D eigenvalue weighted by Crippen LogP contribution is 2.36. The highest BCUT2D eigenvalue weighted by Gasteiger charge is 2.63. The third-order valence-electron chi connectivity index (χ3n) is 3.69. The quantitative estimate of drug-likeness (QED) is 0.349. The first kappa shape index (κ1) is 22.2. The van der Waals surface area contributed by atoms with Crippen LogP contribution in [-0.2, 0) is 33.3 Å².